The average molecular weight is 482 g/mol. The first kappa shape index (κ1) is 23.7. The Morgan fingerprint density at radius 3 is 2.62 bits per heavy atom. The highest BCUT2D eigenvalue weighted by atomic mass is 35.5. The highest BCUT2D eigenvalue weighted by Gasteiger charge is 2.48. The number of rotatable bonds is 5. The van der Waals surface area contributed by atoms with Crippen LogP contribution in [-0.4, -0.2) is 36.2 Å². The largest absolute Gasteiger partial charge is 0.450 e. The lowest BCUT2D eigenvalue weighted by Gasteiger charge is -2.43. The van der Waals surface area contributed by atoms with E-state index in [9.17, 15) is 19.2 Å². The van der Waals surface area contributed by atoms with Gasteiger partial charge in [-0.2, -0.15) is 0 Å². The van der Waals surface area contributed by atoms with Crippen molar-refractivity contribution in [3.8, 4) is 0 Å². The molecule has 1 atom stereocenters. The first-order chi connectivity index (χ1) is 16.2. The van der Waals surface area contributed by atoms with Gasteiger partial charge in [0, 0.05) is 30.1 Å². The predicted molar refractivity (Wildman–Crippen MR) is 127 cm³/mol. The first-order valence-corrected chi connectivity index (χ1v) is 11.4. The van der Waals surface area contributed by atoms with Crippen LogP contribution >= 0.6 is 11.6 Å². The Morgan fingerprint density at radius 2 is 1.88 bits per heavy atom. The number of ether oxygens (including phenoxy) is 1. The van der Waals surface area contributed by atoms with Crippen molar-refractivity contribution in [3.05, 3.63) is 80.7 Å². The van der Waals surface area contributed by atoms with E-state index in [0.717, 1.165) is 24.5 Å². The van der Waals surface area contributed by atoms with Crippen LogP contribution in [-0.2, 0) is 19.9 Å². The van der Waals surface area contributed by atoms with Gasteiger partial charge in [-0.05, 0) is 44.4 Å². The molecule has 0 saturated heterocycles. The Kier molecular flexibility index (Phi) is 6.57. The minimum absolute atomic E-state index is 0.107. The number of carbonyl (C=O) groups excluding carboxylic acids is 3. The zero-order chi connectivity index (χ0) is 24.5. The molecule has 0 N–H and O–H groups in total. The lowest BCUT2D eigenvalue weighted by atomic mass is 9.74. The van der Waals surface area contributed by atoms with Gasteiger partial charge < -0.3 is 14.1 Å². The van der Waals surface area contributed by atoms with E-state index in [1.165, 1.54) is 11.9 Å². The van der Waals surface area contributed by atoms with Crippen molar-refractivity contribution in [2.24, 2.45) is 0 Å². The van der Waals surface area contributed by atoms with E-state index in [2.05, 4.69) is 0 Å². The van der Waals surface area contributed by atoms with Gasteiger partial charge in [0.2, 0.25) is 5.76 Å². The molecular formula is C26H24ClNO6. The van der Waals surface area contributed by atoms with Gasteiger partial charge in [0.25, 0.3) is 5.91 Å². The normalized spacial score (nSPS) is 18.0. The summed E-state index contributed by atoms with van der Waals surface area (Å²) in [6, 6.07) is 13.0. The Hall–Kier alpha value is -3.45. The van der Waals surface area contributed by atoms with Crippen molar-refractivity contribution in [2.45, 2.75) is 38.1 Å². The highest BCUT2D eigenvalue weighted by Crippen LogP contribution is 2.42. The minimum atomic E-state index is -1.23. The summed E-state index contributed by atoms with van der Waals surface area (Å²) in [5.74, 6) is -1.92. The summed E-state index contributed by atoms with van der Waals surface area (Å²) < 4.78 is 10.7. The molecule has 0 bridgehead atoms. The first-order valence-electron chi connectivity index (χ1n) is 11.0. The number of hydrogen-bond donors (Lipinski definition) is 0. The summed E-state index contributed by atoms with van der Waals surface area (Å²) >= 11 is 6.42. The van der Waals surface area contributed by atoms with Crippen LogP contribution < -0.4 is 5.43 Å². The van der Waals surface area contributed by atoms with E-state index in [4.69, 9.17) is 20.8 Å². The topological polar surface area (TPSA) is 93.9 Å². The molecular weight excluding hydrogens is 458 g/mol. The molecule has 0 radical (unpaired) electrons. The fourth-order valence-corrected chi connectivity index (χ4v) is 4.80. The van der Waals surface area contributed by atoms with Crippen LogP contribution in [0.5, 0.6) is 0 Å². The van der Waals surface area contributed by atoms with Gasteiger partial charge in [-0.3, -0.25) is 14.4 Å². The number of carbonyl (C=O) groups is 3. The number of halogens is 1. The van der Waals surface area contributed by atoms with Crippen molar-refractivity contribution in [1.82, 2.24) is 4.90 Å². The molecule has 8 heteroatoms. The van der Waals surface area contributed by atoms with Crippen LogP contribution in [0.4, 0.5) is 0 Å². The SMILES string of the molecule is Cc1ccc2oc(C(=O)OCC(=O)N(C)C3(c4ccccc4Cl)CCCCC3=O)cc(=O)c2c1. The number of fused-ring (bicyclic) bond motifs is 1. The third-order valence-electron chi connectivity index (χ3n) is 6.33. The Balaban J connectivity index is 1.56. The number of Topliss-reactive ketones (excluding diaryl/α,β-unsaturated/α-hetero) is 1. The molecule has 7 nitrogen and oxygen atoms in total. The molecule has 1 unspecified atom stereocenters. The van der Waals surface area contributed by atoms with Gasteiger partial charge in [0.1, 0.15) is 11.1 Å². The van der Waals surface area contributed by atoms with E-state index in [1.807, 2.05) is 6.92 Å². The lowest BCUT2D eigenvalue weighted by molar-refractivity contribution is -0.150. The van der Waals surface area contributed by atoms with Gasteiger partial charge in [-0.1, -0.05) is 41.4 Å². The molecule has 2 aromatic carbocycles. The Labute approximate surface area is 201 Å². The summed E-state index contributed by atoms with van der Waals surface area (Å²) in [4.78, 5) is 52.5. The Morgan fingerprint density at radius 1 is 1.12 bits per heavy atom. The number of nitrogens with zero attached hydrogens (tertiary/aromatic N) is 1. The van der Waals surface area contributed by atoms with Crippen LogP contribution in [0.3, 0.4) is 0 Å². The number of benzene rings is 2. The quantitative estimate of drug-likeness (QED) is 0.501. The summed E-state index contributed by atoms with van der Waals surface area (Å²) in [5.41, 5.74) is 0.0746. The Bertz CT molecular complexity index is 1350. The standard InChI is InChI=1S/C26H24ClNO6/c1-16-10-11-21-17(13-16)20(29)14-22(34-21)25(32)33-15-24(31)28(2)26(12-6-5-9-23(26)30)18-7-3-4-8-19(18)27/h3-4,7-8,10-11,13-14H,5-6,9,12,15H2,1-2H3. The van der Waals surface area contributed by atoms with E-state index in [0.29, 0.717) is 28.8 Å². The predicted octanol–water partition coefficient (Wildman–Crippen LogP) is 4.41. The summed E-state index contributed by atoms with van der Waals surface area (Å²) in [5, 5.41) is 0.743. The third-order valence-corrected chi connectivity index (χ3v) is 6.66. The summed E-state index contributed by atoms with van der Waals surface area (Å²) in [7, 11) is 1.52. The fourth-order valence-electron chi connectivity index (χ4n) is 4.51. The van der Waals surface area contributed by atoms with Crippen molar-refractivity contribution in [3.63, 3.8) is 0 Å². The highest BCUT2D eigenvalue weighted by molar-refractivity contribution is 6.31. The molecule has 1 aliphatic rings. The minimum Gasteiger partial charge on any atom is -0.450 e. The zero-order valence-corrected chi connectivity index (χ0v) is 19.7. The average Bonchev–Trinajstić information content (AvgIpc) is 2.83. The molecule has 1 fully saturated rings. The van der Waals surface area contributed by atoms with Crippen LogP contribution in [0.25, 0.3) is 11.0 Å². The molecule has 1 amide bonds. The molecule has 1 aliphatic carbocycles. The molecule has 0 aliphatic heterocycles. The lowest BCUT2D eigenvalue weighted by Crippen LogP contribution is -2.55. The number of likely N-dealkylation sites (N-methyl/N-ethyl adjacent to an activating group) is 1. The maximum atomic E-state index is 13.2. The maximum Gasteiger partial charge on any atom is 0.374 e. The smallest absolute Gasteiger partial charge is 0.374 e. The van der Waals surface area contributed by atoms with Gasteiger partial charge in [0.05, 0.1) is 5.39 Å². The number of esters is 1. The van der Waals surface area contributed by atoms with E-state index >= 15 is 0 Å². The van der Waals surface area contributed by atoms with Gasteiger partial charge in [-0.15, -0.1) is 0 Å². The second-order valence-corrected chi connectivity index (χ2v) is 8.88. The number of ketones is 1. The van der Waals surface area contributed by atoms with Crippen molar-refractivity contribution in [1.29, 1.82) is 0 Å². The van der Waals surface area contributed by atoms with Crippen molar-refractivity contribution < 1.29 is 23.5 Å². The van der Waals surface area contributed by atoms with Crippen molar-refractivity contribution in [2.75, 3.05) is 13.7 Å². The fraction of sp³-hybridized carbons (Fsp3) is 0.308. The molecule has 4 rings (SSSR count). The zero-order valence-electron chi connectivity index (χ0n) is 18.9. The van der Waals surface area contributed by atoms with Crippen molar-refractivity contribution >= 4 is 40.2 Å². The second kappa shape index (κ2) is 9.43. The van der Waals surface area contributed by atoms with Gasteiger partial charge in [-0.25, -0.2) is 4.79 Å². The van der Waals surface area contributed by atoms with Crippen LogP contribution in [0, 0.1) is 6.92 Å². The molecule has 176 valence electrons. The van der Waals surface area contributed by atoms with Crippen LogP contribution in [0.1, 0.15) is 47.4 Å². The molecule has 1 aromatic heterocycles. The van der Waals surface area contributed by atoms with Gasteiger partial charge >= 0.3 is 5.97 Å². The molecule has 1 saturated carbocycles. The van der Waals surface area contributed by atoms with E-state index in [-0.39, 0.29) is 22.6 Å². The summed E-state index contributed by atoms with van der Waals surface area (Å²) in [6.45, 7) is 1.22. The molecule has 3 aromatic rings. The third kappa shape index (κ3) is 4.23. The van der Waals surface area contributed by atoms with Gasteiger partial charge in [0.15, 0.2) is 17.8 Å². The van der Waals surface area contributed by atoms with E-state index in [1.54, 1.807) is 42.5 Å². The molecule has 0 spiro atoms. The van der Waals surface area contributed by atoms with Crippen LogP contribution in [0.2, 0.25) is 5.02 Å². The monoisotopic (exact) mass is 481 g/mol. The van der Waals surface area contributed by atoms with E-state index < -0.39 is 24.0 Å². The summed E-state index contributed by atoms with van der Waals surface area (Å²) in [6.07, 6.45) is 2.23. The molecule has 34 heavy (non-hydrogen) atoms. The number of aryl methyl sites for hydroxylation is 1. The van der Waals surface area contributed by atoms with Crippen LogP contribution in [0.15, 0.2) is 57.7 Å². The maximum absolute atomic E-state index is 13.2. The number of amides is 1. The number of hydrogen-bond acceptors (Lipinski definition) is 6. The second-order valence-electron chi connectivity index (χ2n) is 8.47. The molecule has 1 heterocycles.